The summed E-state index contributed by atoms with van der Waals surface area (Å²) in [6.45, 7) is 7.32. The van der Waals surface area contributed by atoms with E-state index >= 15 is 0 Å². The second kappa shape index (κ2) is 6.29. The Morgan fingerprint density at radius 1 is 1.41 bits per heavy atom. The van der Waals surface area contributed by atoms with Crippen molar-refractivity contribution in [3.63, 3.8) is 0 Å². The molecule has 0 heterocycles. The molecule has 1 aromatic carbocycles. The molecule has 0 saturated heterocycles. The number of hydrogen-bond donors (Lipinski definition) is 3. The molecule has 2 saturated carbocycles. The van der Waals surface area contributed by atoms with Crippen molar-refractivity contribution >= 4 is 17.2 Å². The molecule has 0 amide bonds. The zero-order chi connectivity index (χ0) is 19.6. The predicted octanol–water partition coefficient (Wildman–Crippen LogP) is 3.02. The van der Waals surface area contributed by atoms with E-state index in [1.165, 1.54) is 12.8 Å². The van der Waals surface area contributed by atoms with Crippen LogP contribution in [-0.2, 0) is 11.8 Å². The molecule has 0 aromatic heterocycles. The summed E-state index contributed by atoms with van der Waals surface area (Å²) in [5.41, 5.74) is 7.83. The van der Waals surface area contributed by atoms with Crippen LogP contribution >= 0.6 is 12.2 Å². The number of nitrogens with two attached hydrogens (primary N) is 1. The van der Waals surface area contributed by atoms with Crippen LogP contribution in [0.15, 0.2) is 24.3 Å². The van der Waals surface area contributed by atoms with Crippen molar-refractivity contribution in [1.82, 2.24) is 4.90 Å². The molecule has 4 N–H and O–H groups in total. The Hall–Kier alpha value is -1.43. The number of benzene rings is 1. The van der Waals surface area contributed by atoms with E-state index in [9.17, 15) is 10.2 Å². The van der Waals surface area contributed by atoms with E-state index < -0.39 is 11.0 Å². The average Bonchev–Trinajstić information content (AvgIpc) is 3.39. The molecule has 1 aromatic rings. The Kier molecular flexibility index (Phi) is 4.41. The van der Waals surface area contributed by atoms with Gasteiger partial charge in [0.25, 0.3) is 0 Å². The molecule has 27 heavy (non-hydrogen) atoms. The second-order valence-electron chi connectivity index (χ2n) is 9.15. The first-order valence-corrected chi connectivity index (χ1v) is 10.3. The zero-order valence-corrected chi connectivity index (χ0v) is 17.1. The van der Waals surface area contributed by atoms with Crippen LogP contribution in [0.25, 0.3) is 0 Å². The van der Waals surface area contributed by atoms with Crippen LogP contribution in [-0.4, -0.2) is 45.3 Å². The van der Waals surface area contributed by atoms with Crippen molar-refractivity contribution in [2.75, 3.05) is 13.6 Å². The normalized spacial score (nSPS) is 32.9. The van der Waals surface area contributed by atoms with Gasteiger partial charge in [0.1, 0.15) is 10.7 Å². The third-order valence-electron chi connectivity index (χ3n) is 7.24. The molecule has 4 rings (SSSR count). The van der Waals surface area contributed by atoms with Crippen LogP contribution < -0.4 is 5.73 Å². The van der Waals surface area contributed by atoms with Gasteiger partial charge in [0.15, 0.2) is 0 Å². The smallest absolute Gasteiger partial charge is 0.129 e. The fourth-order valence-corrected chi connectivity index (χ4v) is 5.74. The van der Waals surface area contributed by atoms with Gasteiger partial charge in [-0.15, -0.1) is 0 Å². The van der Waals surface area contributed by atoms with Gasteiger partial charge in [-0.3, -0.25) is 4.90 Å². The van der Waals surface area contributed by atoms with Crippen molar-refractivity contribution in [1.29, 1.82) is 0 Å². The number of phenols is 1. The molecule has 3 aliphatic rings. The van der Waals surface area contributed by atoms with Crippen molar-refractivity contribution in [3.8, 4) is 5.75 Å². The minimum Gasteiger partial charge on any atom is -0.507 e. The molecule has 1 unspecified atom stereocenters. The summed E-state index contributed by atoms with van der Waals surface area (Å²) in [4.78, 5) is 2.54. The van der Waals surface area contributed by atoms with E-state index in [-0.39, 0.29) is 16.8 Å². The SMILES string of the molecule is C=C1CC[C@@]2(O)[C@H](N(C)CC3CC3)Cc3ccc(C(N)=S)c(O)c3C2(C)C1. The number of likely N-dealkylation sites (N-methyl/N-ethyl adjacent to an activating group) is 1. The lowest BCUT2D eigenvalue weighted by molar-refractivity contribution is -0.119. The maximum Gasteiger partial charge on any atom is 0.129 e. The summed E-state index contributed by atoms with van der Waals surface area (Å²) in [5.74, 6) is 0.897. The number of thiocarbonyl (C=S) groups is 1. The standard InChI is InChI=1S/C22H30N2O2S/c1-13-8-9-22(26)17(24(3)12-14-4-5-14)10-15-6-7-16(20(23)27)19(25)18(15)21(22,2)11-13/h6-7,14,17,25-26H,1,4-5,8-12H2,2-3H3,(H2,23,27)/t17-,21?,22-/m1/s1. The van der Waals surface area contributed by atoms with Crippen LogP contribution in [0.4, 0.5) is 0 Å². The van der Waals surface area contributed by atoms with Gasteiger partial charge in [0, 0.05) is 23.6 Å². The number of aliphatic hydroxyl groups is 1. The van der Waals surface area contributed by atoms with E-state index in [0.717, 1.165) is 42.0 Å². The van der Waals surface area contributed by atoms with Gasteiger partial charge >= 0.3 is 0 Å². The molecule has 4 nitrogen and oxygen atoms in total. The molecule has 3 atom stereocenters. The molecule has 0 aliphatic heterocycles. The quantitative estimate of drug-likeness (QED) is 0.548. The van der Waals surface area contributed by atoms with Crippen molar-refractivity contribution in [2.24, 2.45) is 11.7 Å². The fraction of sp³-hybridized carbons (Fsp3) is 0.591. The van der Waals surface area contributed by atoms with E-state index in [1.807, 2.05) is 12.1 Å². The Morgan fingerprint density at radius 3 is 2.74 bits per heavy atom. The number of fused-ring (bicyclic) bond motifs is 3. The van der Waals surface area contributed by atoms with E-state index in [4.69, 9.17) is 18.0 Å². The maximum atomic E-state index is 12.1. The van der Waals surface area contributed by atoms with Gasteiger partial charge in [-0.25, -0.2) is 0 Å². The first kappa shape index (κ1) is 18.9. The van der Waals surface area contributed by atoms with Gasteiger partial charge < -0.3 is 15.9 Å². The molecule has 2 fully saturated rings. The molecule has 0 bridgehead atoms. The van der Waals surface area contributed by atoms with Crippen LogP contribution in [0, 0.1) is 5.92 Å². The van der Waals surface area contributed by atoms with Crippen LogP contribution in [0.3, 0.4) is 0 Å². The van der Waals surface area contributed by atoms with E-state index in [0.29, 0.717) is 18.4 Å². The third kappa shape index (κ3) is 2.82. The molecule has 0 radical (unpaired) electrons. The van der Waals surface area contributed by atoms with Gasteiger partial charge in [-0.1, -0.05) is 37.4 Å². The highest BCUT2D eigenvalue weighted by Gasteiger charge is 2.60. The summed E-state index contributed by atoms with van der Waals surface area (Å²) < 4.78 is 0. The number of phenolic OH excluding ortho intramolecular Hbond substituents is 1. The lowest BCUT2D eigenvalue weighted by Crippen LogP contribution is -2.67. The second-order valence-corrected chi connectivity index (χ2v) is 9.59. The van der Waals surface area contributed by atoms with Crippen molar-refractivity contribution in [2.45, 2.75) is 62.5 Å². The Bertz CT molecular complexity index is 819. The Labute approximate surface area is 167 Å². The molecule has 146 valence electrons. The summed E-state index contributed by atoms with van der Waals surface area (Å²) in [5, 5.41) is 23.1. The topological polar surface area (TPSA) is 69.7 Å². The number of rotatable bonds is 4. The van der Waals surface area contributed by atoms with Crippen LogP contribution in [0.1, 0.15) is 55.7 Å². The van der Waals surface area contributed by atoms with Crippen molar-refractivity contribution < 1.29 is 10.2 Å². The number of nitrogens with zero attached hydrogens (tertiary/aromatic N) is 1. The number of aromatic hydroxyl groups is 1. The minimum atomic E-state index is -0.919. The molecular weight excluding hydrogens is 356 g/mol. The zero-order valence-electron chi connectivity index (χ0n) is 16.3. The lowest BCUT2D eigenvalue weighted by atomic mass is 9.52. The highest BCUT2D eigenvalue weighted by molar-refractivity contribution is 7.80. The summed E-state index contributed by atoms with van der Waals surface area (Å²) in [7, 11) is 2.14. The molecular formula is C22H30N2O2S. The monoisotopic (exact) mass is 386 g/mol. The first-order chi connectivity index (χ1) is 12.7. The van der Waals surface area contributed by atoms with Crippen LogP contribution in [0.2, 0.25) is 0 Å². The molecule has 5 heteroatoms. The summed E-state index contributed by atoms with van der Waals surface area (Å²) >= 11 is 5.14. The maximum absolute atomic E-state index is 12.1. The fourth-order valence-electron chi connectivity index (χ4n) is 5.57. The van der Waals surface area contributed by atoms with Crippen LogP contribution in [0.5, 0.6) is 5.75 Å². The van der Waals surface area contributed by atoms with E-state index in [2.05, 4.69) is 25.5 Å². The highest BCUT2D eigenvalue weighted by atomic mass is 32.1. The summed E-state index contributed by atoms with van der Waals surface area (Å²) in [6, 6.07) is 3.88. The summed E-state index contributed by atoms with van der Waals surface area (Å²) in [6.07, 6.45) is 5.46. The Balaban J connectivity index is 1.87. The van der Waals surface area contributed by atoms with E-state index in [1.54, 1.807) is 0 Å². The molecule has 3 aliphatic carbocycles. The minimum absolute atomic E-state index is 0.0266. The van der Waals surface area contributed by atoms with Gasteiger partial charge in [0.2, 0.25) is 0 Å². The number of hydrogen-bond acceptors (Lipinski definition) is 4. The van der Waals surface area contributed by atoms with Gasteiger partial charge in [-0.2, -0.15) is 0 Å². The van der Waals surface area contributed by atoms with Crippen molar-refractivity contribution in [3.05, 3.63) is 41.0 Å². The highest BCUT2D eigenvalue weighted by Crippen LogP contribution is 2.57. The first-order valence-electron chi connectivity index (χ1n) is 9.92. The predicted molar refractivity (Wildman–Crippen MR) is 112 cm³/mol. The third-order valence-corrected chi connectivity index (χ3v) is 7.46. The molecule has 0 spiro atoms. The largest absolute Gasteiger partial charge is 0.507 e. The van der Waals surface area contributed by atoms with Gasteiger partial charge in [0.05, 0.1) is 11.2 Å². The number of allylic oxidation sites excluding steroid dienone is 1. The average molecular weight is 387 g/mol. The Morgan fingerprint density at radius 2 is 2.11 bits per heavy atom. The van der Waals surface area contributed by atoms with Gasteiger partial charge in [-0.05, 0) is 63.1 Å². The lowest BCUT2D eigenvalue weighted by Gasteiger charge is -2.58.